The Bertz CT molecular complexity index is 1200. The highest BCUT2D eigenvalue weighted by Crippen LogP contribution is 2.49. The van der Waals surface area contributed by atoms with Crippen molar-refractivity contribution in [3.8, 4) is 0 Å². The van der Waals surface area contributed by atoms with Gasteiger partial charge in [-0.2, -0.15) is 0 Å². The highest BCUT2D eigenvalue weighted by atomic mass is 35.5. The molecule has 172 valence electrons. The molecule has 7 heteroatoms. The maximum atomic E-state index is 13.1. The molecular weight excluding hydrogens is 436 g/mol. The number of H-pyrrole nitrogens is 1. The number of benzene rings is 1. The molecule has 6 nitrogen and oxygen atoms in total. The van der Waals surface area contributed by atoms with Crippen molar-refractivity contribution >= 4 is 34.3 Å². The molecule has 1 spiro atoms. The molecule has 0 bridgehead atoms. The van der Waals surface area contributed by atoms with Gasteiger partial charge in [0.05, 0.1) is 12.2 Å². The van der Waals surface area contributed by atoms with E-state index in [0.717, 1.165) is 67.4 Å². The van der Waals surface area contributed by atoms with E-state index in [2.05, 4.69) is 15.3 Å². The Labute approximate surface area is 198 Å². The third-order valence-electron chi connectivity index (χ3n) is 7.55. The first-order chi connectivity index (χ1) is 15.9. The van der Waals surface area contributed by atoms with Gasteiger partial charge < -0.3 is 15.2 Å². The maximum absolute atomic E-state index is 13.1. The second-order valence-electron chi connectivity index (χ2n) is 9.63. The lowest BCUT2D eigenvalue weighted by atomic mass is 9.76. The van der Waals surface area contributed by atoms with Gasteiger partial charge in [0.2, 0.25) is 5.91 Å². The number of aromatic nitrogens is 2. The van der Waals surface area contributed by atoms with E-state index in [9.17, 15) is 9.59 Å². The molecule has 1 aromatic carbocycles. The molecule has 33 heavy (non-hydrogen) atoms. The fourth-order valence-electron chi connectivity index (χ4n) is 5.47. The maximum Gasteiger partial charge on any atom is 0.270 e. The zero-order chi connectivity index (χ0) is 23.0. The molecule has 5 rings (SSSR count). The summed E-state index contributed by atoms with van der Waals surface area (Å²) in [7, 11) is 0. The van der Waals surface area contributed by atoms with Crippen LogP contribution >= 0.6 is 11.6 Å². The third-order valence-corrected chi connectivity index (χ3v) is 7.78. The molecule has 0 radical (unpaired) electrons. The number of aromatic amines is 1. The Morgan fingerprint density at radius 1 is 1.21 bits per heavy atom. The molecule has 1 aliphatic heterocycles. The van der Waals surface area contributed by atoms with Gasteiger partial charge >= 0.3 is 0 Å². The van der Waals surface area contributed by atoms with Gasteiger partial charge in [-0.1, -0.05) is 23.7 Å². The molecular formula is C26H29ClN4O2. The van der Waals surface area contributed by atoms with E-state index in [4.69, 9.17) is 11.6 Å². The number of aryl methyl sites for hydroxylation is 1. The largest absolute Gasteiger partial charge is 0.350 e. The SMILES string of the molecule is Cc1cccnc1CNC(=O)C1CCC2(CCN(C(=O)c3cc4ccc(Cl)cc4[nH]3)CC2)C1. The van der Waals surface area contributed by atoms with Crippen LogP contribution in [0.3, 0.4) is 0 Å². The minimum Gasteiger partial charge on any atom is -0.350 e. The average Bonchev–Trinajstić information content (AvgIpc) is 3.43. The number of nitrogens with zero attached hydrogens (tertiary/aromatic N) is 2. The number of carbonyl (C=O) groups excluding carboxylic acids is 2. The van der Waals surface area contributed by atoms with Crippen molar-refractivity contribution in [3.05, 3.63) is 64.6 Å². The first-order valence-corrected chi connectivity index (χ1v) is 12.1. The van der Waals surface area contributed by atoms with E-state index < -0.39 is 0 Å². The van der Waals surface area contributed by atoms with Crippen molar-refractivity contribution < 1.29 is 9.59 Å². The van der Waals surface area contributed by atoms with Crippen molar-refractivity contribution in [3.63, 3.8) is 0 Å². The number of halogens is 1. The molecule has 1 saturated heterocycles. The van der Waals surface area contributed by atoms with E-state index in [1.165, 1.54) is 0 Å². The first-order valence-electron chi connectivity index (χ1n) is 11.7. The van der Waals surface area contributed by atoms with E-state index >= 15 is 0 Å². The predicted molar refractivity (Wildman–Crippen MR) is 129 cm³/mol. The zero-order valence-electron chi connectivity index (χ0n) is 18.9. The van der Waals surface area contributed by atoms with Crippen LogP contribution in [-0.4, -0.2) is 39.8 Å². The number of hydrogen-bond acceptors (Lipinski definition) is 3. The number of carbonyl (C=O) groups is 2. The number of pyridine rings is 1. The molecule has 3 aromatic rings. The lowest BCUT2D eigenvalue weighted by Crippen LogP contribution is -2.42. The molecule has 1 atom stereocenters. The van der Waals surface area contributed by atoms with E-state index in [-0.39, 0.29) is 23.1 Å². The molecule has 3 heterocycles. The molecule has 2 fully saturated rings. The molecule has 2 aromatic heterocycles. The summed E-state index contributed by atoms with van der Waals surface area (Å²) in [6, 6.07) is 11.4. The molecule has 2 N–H and O–H groups in total. The summed E-state index contributed by atoms with van der Waals surface area (Å²) < 4.78 is 0. The van der Waals surface area contributed by atoms with Gasteiger partial charge in [-0.25, -0.2) is 0 Å². The zero-order valence-corrected chi connectivity index (χ0v) is 19.6. The van der Waals surface area contributed by atoms with Crippen LogP contribution in [0.15, 0.2) is 42.6 Å². The summed E-state index contributed by atoms with van der Waals surface area (Å²) in [4.78, 5) is 35.4. The first kappa shape index (κ1) is 22.0. The Kier molecular flexibility index (Phi) is 5.87. The number of likely N-dealkylation sites (tertiary alicyclic amines) is 1. The number of amides is 2. The summed E-state index contributed by atoms with van der Waals surface area (Å²) >= 11 is 6.07. The Morgan fingerprint density at radius 2 is 2.03 bits per heavy atom. The smallest absolute Gasteiger partial charge is 0.270 e. The molecule has 2 amide bonds. The third kappa shape index (κ3) is 4.49. The average molecular weight is 465 g/mol. The van der Waals surface area contributed by atoms with Gasteiger partial charge in [-0.05, 0) is 74.3 Å². The van der Waals surface area contributed by atoms with Crippen LogP contribution in [0.1, 0.15) is 53.8 Å². The van der Waals surface area contributed by atoms with Crippen LogP contribution < -0.4 is 5.32 Å². The summed E-state index contributed by atoms with van der Waals surface area (Å²) in [6.07, 6.45) is 6.55. The number of nitrogens with one attached hydrogen (secondary N) is 2. The van der Waals surface area contributed by atoms with Crippen molar-refractivity contribution in [2.75, 3.05) is 13.1 Å². The van der Waals surface area contributed by atoms with Crippen LogP contribution in [0.5, 0.6) is 0 Å². The van der Waals surface area contributed by atoms with Crippen LogP contribution in [0, 0.1) is 18.3 Å². The monoisotopic (exact) mass is 464 g/mol. The second kappa shape index (κ2) is 8.82. The number of hydrogen-bond donors (Lipinski definition) is 2. The van der Waals surface area contributed by atoms with E-state index in [1.807, 2.05) is 48.2 Å². The highest BCUT2D eigenvalue weighted by Gasteiger charge is 2.44. The van der Waals surface area contributed by atoms with Crippen molar-refractivity contribution in [2.45, 2.75) is 45.6 Å². The van der Waals surface area contributed by atoms with Gasteiger partial charge in [0.25, 0.3) is 5.91 Å². The number of piperidine rings is 1. The molecule has 1 unspecified atom stereocenters. The fourth-order valence-corrected chi connectivity index (χ4v) is 5.64. The van der Waals surface area contributed by atoms with Gasteiger partial charge in [0.1, 0.15) is 5.69 Å². The van der Waals surface area contributed by atoms with E-state index in [0.29, 0.717) is 17.3 Å². The van der Waals surface area contributed by atoms with Gasteiger partial charge in [0.15, 0.2) is 0 Å². The van der Waals surface area contributed by atoms with Crippen molar-refractivity contribution in [1.82, 2.24) is 20.2 Å². The Morgan fingerprint density at radius 3 is 2.82 bits per heavy atom. The number of rotatable bonds is 4. The van der Waals surface area contributed by atoms with Crippen molar-refractivity contribution in [1.29, 1.82) is 0 Å². The summed E-state index contributed by atoms with van der Waals surface area (Å²) in [5, 5.41) is 4.73. The van der Waals surface area contributed by atoms with Crippen LogP contribution in [0.2, 0.25) is 5.02 Å². The van der Waals surface area contributed by atoms with Gasteiger partial charge in [-0.3, -0.25) is 14.6 Å². The highest BCUT2D eigenvalue weighted by molar-refractivity contribution is 6.31. The Balaban J connectivity index is 1.16. The van der Waals surface area contributed by atoms with Gasteiger partial charge in [-0.15, -0.1) is 0 Å². The van der Waals surface area contributed by atoms with Crippen LogP contribution in [0.4, 0.5) is 0 Å². The quantitative estimate of drug-likeness (QED) is 0.578. The van der Waals surface area contributed by atoms with Gasteiger partial charge in [0, 0.05) is 41.1 Å². The standard InChI is InChI=1S/C26H29ClN4O2/c1-17-3-2-10-28-23(17)16-29-24(32)19-6-7-26(15-19)8-11-31(12-9-26)25(33)22-13-18-4-5-20(27)14-21(18)30-22/h2-5,10,13-14,19,30H,6-9,11-12,15-16H2,1H3,(H,29,32). The minimum atomic E-state index is 0.0372. The predicted octanol–water partition coefficient (Wildman–Crippen LogP) is 4.86. The topological polar surface area (TPSA) is 78.1 Å². The van der Waals surface area contributed by atoms with Crippen LogP contribution in [0.25, 0.3) is 10.9 Å². The molecule has 2 aliphatic rings. The normalized spacial score (nSPS) is 19.8. The second-order valence-corrected chi connectivity index (χ2v) is 10.1. The summed E-state index contributed by atoms with van der Waals surface area (Å²) in [5.41, 5.74) is 3.68. The lowest BCUT2D eigenvalue weighted by molar-refractivity contribution is -0.125. The fraction of sp³-hybridized carbons (Fsp3) is 0.423. The summed E-state index contributed by atoms with van der Waals surface area (Å²) in [5.74, 6) is 0.220. The van der Waals surface area contributed by atoms with Crippen LogP contribution in [-0.2, 0) is 11.3 Å². The Hall–Kier alpha value is -2.86. The van der Waals surface area contributed by atoms with E-state index in [1.54, 1.807) is 6.20 Å². The lowest BCUT2D eigenvalue weighted by Gasteiger charge is -2.39. The van der Waals surface area contributed by atoms with Crippen molar-refractivity contribution in [2.24, 2.45) is 11.3 Å². The molecule has 1 aliphatic carbocycles. The minimum absolute atomic E-state index is 0.0372. The summed E-state index contributed by atoms with van der Waals surface area (Å²) in [6.45, 7) is 3.96. The number of fused-ring (bicyclic) bond motifs is 1. The molecule has 1 saturated carbocycles.